The molecule has 1 aromatic heterocycles. The van der Waals surface area contributed by atoms with E-state index in [9.17, 15) is 4.79 Å². The zero-order valence-corrected chi connectivity index (χ0v) is 10.5. The van der Waals surface area contributed by atoms with E-state index in [0.29, 0.717) is 36.5 Å². The zero-order valence-electron chi connectivity index (χ0n) is 8.94. The van der Waals surface area contributed by atoms with E-state index in [2.05, 4.69) is 26.5 Å². The number of amides is 1. The molecule has 7 heteroatoms. The van der Waals surface area contributed by atoms with E-state index >= 15 is 0 Å². The third-order valence-corrected chi connectivity index (χ3v) is 2.85. The number of rotatable bonds is 2. The van der Waals surface area contributed by atoms with Crippen molar-refractivity contribution in [3.63, 3.8) is 0 Å². The van der Waals surface area contributed by atoms with Gasteiger partial charge >= 0.3 is 0 Å². The number of morpholine rings is 1. The summed E-state index contributed by atoms with van der Waals surface area (Å²) in [7, 11) is 1.77. The molecular formula is C9H13BrN4O2. The Balaban J connectivity index is 1.99. The van der Waals surface area contributed by atoms with Crippen LogP contribution in [0.15, 0.2) is 10.7 Å². The second-order valence-corrected chi connectivity index (χ2v) is 4.39. The van der Waals surface area contributed by atoms with Gasteiger partial charge < -0.3 is 4.74 Å². The number of halogens is 1. The van der Waals surface area contributed by atoms with Crippen LogP contribution < -0.4 is 5.43 Å². The number of hydrazine groups is 1. The minimum Gasteiger partial charge on any atom is -0.379 e. The average Bonchev–Trinajstić information content (AvgIpc) is 2.59. The number of ether oxygens (including phenoxy) is 1. The van der Waals surface area contributed by atoms with Crippen LogP contribution in [-0.2, 0) is 11.8 Å². The van der Waals surface area contributed by atoms with Gasteiger partial charge in [0.2, 0.25) is 0 Å². The van der Waals surface area contributed by atoms with E-state index in [1.165, 1.54) is 0 Å². The Hall–Kier alpha value is -0.920. The van der Waals surface area contributed by atoms with Crippen LogP contribution in [0, 0.1) is 0 Å². The quantitative estimate of drug-likeness (QED) is 0.842. The van der Waals surface area contributed by atoms with Gasteiger partial charge in [0.25, 0.3) is 5.91 Å². The van der Waals surface area contributed by atoms with Crippen LogP contribution in [-0.4, -0.2) is 47.0 Å². The molecule has 1 N–H and O–H groups in total. The van der Waals surface area contributed by atoms with E-state index in [0.717, 1.165) is 0 Å². The van der Waals surface area contributed by atoms with Crippen molar-refractivity contribution in [3.05, 3.63) is 16.4 Å². The summed E-state index contributed by atoms with van der Waals surface area (Å²) in [6.07, 6.45) is 1.74. The molecule has 6 nitrogen and oxygen atoms in total. The summed E-state index contributed by atoms with van der Waals surface area (Å²) in [6.45, 7) is 2.69. The molecule has 0 unspecified atom stereocenters. The van der Waals surface area contributed by atoms with Crippen LogP contribution in [0.5, 0.6) is 0 Å². The van der Waals surface area contributed by atoms with Crippen molar-refractivity contribution in [1.29, 1.82) is 0 Å². The Morgan fingerprint density at radius 1 is 1.56 bits per heavy atom. The summed E-state index contributed by atoms with van der Waals surface area (Å²) in [5.41, 5.74) is 3.20. The number of carbonyl (C=O) groups is 1. The topological polar surface area (TPSA) is 59.4 Å². The number of hydrogen-bond acceptors (Lipinski definition) is 4. The summed E-state index contributed by atoms with van der Waals surface area (Å²) in [6, 6.07) is 0. The van der Waals surface area contributed by atoms with E-state index < -0.39 is 0 Å². The summed E-state index contributed by atoms with van der Waals surface area (Å²) in [5.74, 6) is -0.200. The fourth-order valence-corrected chi connectivity index (χ4v) is 2.04. The van der Waals surface area contributed by atoms with Crippen LogP contribution in [0.3, 0.4) is 0 Å². The van der Waals surface area contributed by atoms with E-state index in [1.54, 1.807) is 17.9 Å². The number of aromatic nitrogens is 2. The van der Waals surface area contributed by atoms with Crippen LogP contribution in [0.2, 0.25) is 0 Å². The first-order valence-corrected chi connectivity index (χ1v) is 5.79. The molecule has 1 fully saturated rings. The molecule has 88 valence electrons. The number of nitrogens with one attached hydrogen (secondary N) is 1. The first kappa shape index (κ1) is 11.6. The monoisotopic (exact) mass is 288 g/mol. The molecule has 0 aromatic carbocycles. The van der Waals surface area contributed by atoms with E-state index in [-0.39, 0.29) is 5.91 Å². The van der Waals surface area contributed by atoms with E-state index in [1.807, 2.05) is 5.01 Å². The Labute approximate surface area is 102 Å². The predicted octanol–water partition coefficient (Wildman–Crippen LogP) is 0.160. The lowest BCUT2D eigenvalue weighted by Gasteiger charge is -2.26. The maximum absolute atomic E-state index is 11.8. The second-order valence-electron chi connectivity index (χ2n) is 3.54. The summed E-state index contributed by atoms with van der Waals surface area (Å²) in [4.78, 5) is 11.8. The fraction of sp³-hybridized carbons (Fsp3) is 0.556. The first-order valence-electron chi connectivity index (χ1n) is 4.99. The van der Waals surface area contributed by atoms with Gasteiger partial charge in [0.05, 0.1) is 17.7 Å². The minimum absolute atomic E-state index is 0.200. The molecule has 2 heterocycles. The molecule has 2 rings (SSSR count). The largest absolute Gasteiger partial charge is 0.379 e. The molecule has 0 aliphatic carbocycles. The van der Waals surface area contributed by atoms with Crippen molar-refractivity contribution >= 4 is 21.8 Å². The van der Waals surface area contributed by atoms with Crippen molar-refractivity contribution in [1.82, 2.24) is 20.2 Å². The van der Waals surface area contributed by atoms with Crippen LogP contribution >= 0.6 is 15.9 Å². The molecule has 1 aliphatic rings. The number of hydrogen-bond donors (Lipinski definition) is 1. The molecular weight excluding hydrogens is 276 g/mol. The highest BCUT2D eigenvalue weighted by molar-refractivity contribution is 9.10. The number of carbonyl (C=O) groups excluding carboxylic acids is 1. The standard InChI is InChI=1S/C9H13BrN4O2/c1-13-6-7(10)8(11-13)9(15)12-14-2-4-16-5-3-14/h6H,2-5H2,1H3,(H,12,15). The third-order valence-electron chi connectivity index (χ3n) is 2.27. The highest BCUT2D eigenvalue weighted by Crippen LogP contribution is 2.13. The Morgan fingerprint density at radius 2 is 2.25 bits per heavy atom. The smallest absolute Gasteiger partial charge is 0.287 e. The summed E-state index contributed by atoms with van der Waals surface area (Å²) in [5, 5.41) is 5.92. The van der Waals surface area contributed by atoms with Crippen molar-refractivity contribution in [3.8, 4) is 0 Å². The van der Waals surface area contributed by atoms with Gasteiger partial charge in [-0.05, 0) is 15.9 Å². The van der Waals surface area contributed by atoms with Crippen molar-refractivity contribution in [2.45, 2.75) is 0 Å². The first-order chi connectivity index (χ1) is 7.66. The molecule has 1 amide bonds. The summed E-state index contributed by atoms with van der Waals surface area (Å²) >= 11 is 3.30. The lowest BCUT2D eigenvalue weighted by Crippen LogP contribution is -2.48. The van der Waals surface area contributed by atoms with Gasteiger partial charge in [-0.1, -0.05) is 0 Å². The zero-order chi connectivity index (χ0) is 11.5. The lowest BCUT2D eigenvalue weighted by molar-refractivity contribution is 0.0124. The SMILES string of the molecule is Cn1cc(Br)c(C(=O)NN2CCOCC2)n1. The average molecular weight is 289 g/mol. The Morgan fingerprint density at radius 3 is 2.81 bits per heavy atom. The van der Waals surface area contributed by atoms with Crippen LogP contribution in [0.1, 0.15) is 10.5 Å². The van der Waals surface area contributed by atoms with Crippen LogP contribution in [0.4, 0.5) is 0 Å². The molecule has 0 atom stereocenters. The maximum Gasteiger partial charge on any atom is 0.287 e. The Bertz CT molecular complexity index is 387. The van der Waals surface area contributed by atoms with Gasteiger partial charge in [0.1, 0.15) is 0 Å². The maximum atomic E-state index is 11.8. The van der Waals surface area contributed by atoms with Gasteiger partial charge in [0, 0.05) is 26.3 Å². The van der Waals surface area contributed by atoms with Crippen molar-refractivity contribution < 1.29 is 9.53 Å². The molecule has 0 radical (unpaired) electrons. The van der Waals surface area contributed by atoms with Gasteiger partial charge in [-0.15, -0.1) is 0 Å². The molecule has 1 aromatic rings. The molecule has 0 saturated carbocycles. The number of nitrogens with zero attached hydrogens (tertiary/aromatic N) is 3. The van der Waals surface area contributed by atoms with Gasteiger partial charge in [-0.3, -0.25) is 14.9 Å². The normalized spacial score (nSPS) is 17.4. The third kappa shape index (κ3) is 2.60. The lowest BCUT2D eigenvalue weighted by atomic mass is 10.4. The Kier molecular flexibility index (Phi) is 3.57. The molecule has 1 aliphatic heterocycles. The highest BCUT2D eigenvalue weighted by atomic mass is 79.9. The molecule has 0 bridgehead atoms. The van der Waals surface area contributed by atoms with Crippen molar-refractivity contribution in [2.75, 3.05) is 26.3 Å². The van der Waals surface area contributed by atoms with Gasteiger partial charge in [0.15, 0.2) is 5.69 Å². The minimum atomic E-state index is -0.200. The van der Waals surface area contributed by atoms with Gasteiger partial charge in [-0.2, -0.15) is 5.10 Å². The fourth-order valence-electron chi connectivity index (χ4n) is 1.49. The van der Waals surface area contributed by atoms with Crippen LogP contribution in [0.25, 0.3) is 0 Å². The van der Waals surface area contributed by atoms with Gasteiger partial charge in [-0.25, -0.2) is 5.01 Å². The van der Waals surface area contributed by atoms with Crippen molar-refractivity contribution in [2.24, 2.45) is 7.05 Å². The molecule has 0 spiro atoms. The molecule has 1 saturated heterocycles. The predicted molar refractivity (Wildman–Crippen MR) is 60.8 cm³/mol. The second kappa shape index (κ2) is 4.94. The molecule has 16 heavy (non-hydrogen) atoms. The number of aryl methyl sites for hydroxylation is 1. The highest BCUT2D eigenvalue weighted by Gasteiger charge is 2.18. The summed E-state index contributed by atoms with van der Waals surface area (Å²) < 4.78 is 7.48. The van der Waals surface area contributed by atoms with E-state index in [4.69, 9.17) is 4.74 Å².